The molecule has 0 aromatic carbocycles. The molecule has 0 aliphatic carbocycles. The predicted octanol–water partition coefficient (Wildman–Crippen LogP) is 3.04. The van der Waals surface area contributed by atoms with Crippen molar-refractivity contribution in [1.29, 1.82) is 0 Å². The Kier molecular flexibility index (Phi) is 5.92. The summed E-state index contributed by atoms with van der Waals surface area (Å²) in [7, 11) is 2.13. The minimum absolute atomic E-state index is 0.229. The van der Waals surface area contributed by atoms with E-state index in [0.29, 0.717) is 31.0 Å². The highest BCUT2D eigenvalue weighted by molar-refractivity contribution is 4.85. The summed E-state index contributed by atoms with van der Waals surface area (Å²) >= 11 is 0. The molecule has 1 aliphatic rings. The lowest BCUT2D eigenvalue weighted by Crippen LogP contribution is -2.51. The fourth-order valence-corrected chi connectivity index (χ4v) is 2.56. The Morgan fingerprint density at radius 1 is 1.22 bits per heavy atom. The lowest BCUT2D eigenvalue weighted by molar-refractivity contribution is -0.135. The summed E-state index contributed by atoms with van der Waals surface area (Å²) in [5, 5.41) is 3.41. The molecule has 1 heterocycles. The molecule has 0 amide bonds. The molecule has 0 radical (unpaired) electrons. The Bertz CT molecular complexity index is 243. The van der Waals surface area contributed by atoms with Crippen molar-refractivity contribution in [3.8, 4) is 0 Å². The van der Waals surface area contributed by atoms with Crippen LogP contribution in [0.1, 0.15) is 39.5 Å². The van der Waals surface area contributed by atoms with E-state index in [0.717, 1.165) is 13.0 Å². The van der Waals surface area contributed by atoms with Crippen molar-refractivity contribution < 1.29 is 13.2 Å². The van der Waals surface area contributed by atoms with Crippen molar-refractivity contribution in [2.45, 2.75) is 57.8 Å². The third-order valence-electron chi connectivity index (χ3n) is 3.90. The number of rotatable bonds is 5. The Hall–Kier alpha value is -0.290. The monoisotopic (exact) mass is 266 g/mol. The third-order valence-corrected chi connectivity index (χ3v) is 3.90. The maximum absolute atomic E-state index is 12.0. The maximum Gasteiger partial charge on any atom is 0.389 e. The molecule has 0 aromatic rings. The number of nitrogens with one attached hydrogen (secondary N) is 1. The molecular weight excluding hydrogens is 241 g/mol. The quantitative estimate of drug-likeness (QED) is 0.769. The zero-order chi connectivity index (χ0) is 13.8. The van der Waals surface area contributed by atoms with Crippen LogP contribution in [-0.4, -0.2) is 43.3 Å². The predicted molar refractivity (Wildman–Crippen MR) is 67.6 cm³/mol. The number of nitrogens with zero attached hydrogens (tertiary/aromatic N) is 1. The van der Waals surface area contributed by atoms with Gasteiger partial charge in [0.25, 0.3) is 0 Å². The molecule has 3 unspecified atom stereocenters. The number of likely N-dealkylation sites (tertiary alicyclic amines) is 1. The van der Waals surface area contributed by atoms with Gasteiger partial charge in [0.15, 0.2) is 0 Å². The normalized spacial score (nSPS) is 30.7. The summed E-state index contributed by atoms with van der Waals surface area (Å²) in [5.41, 5.74) is 0. The van der Waals surface area contributed by atoms with Gasteiger partial charge < -0.3 is 10.2 Å². The van der Waals surface area contributed by atoms with Gasteiger partial charge >= 0.3 is 6.18 Å². The summed E-state index contributed by atoms with van der Waals surface area (Å²) in [6.07, 6.45) is -2.75. The van der Waals surface area contributed by atoms with E-state index < -0.39 is 12.6 Å². The van der Waals surface area contributed by atoms with Crippen molar-refractivity contribution in [2.75, 3.05) is 20.1 Å². The van der Waals surface area contributed by atoms with Crippen molar-refractivity contribution in [2.24, 2.45) is 5.92 Å². The first kappa shape index (κ1) is 15.8. The molecule has 0 bridgehead atoms. The lowest BCUT2D eigenvalue weighted by atomic mass is 9.90. The van der Waals surface area contributed by atoms with Crippen LogP contribution in [0.2, 0.25) is 0 Å². The van der Waals surface area contributed by atoms with Crippen LogP contribution in [0.3, 0.4) is 0 Å². The standard InChI is InChI=1S/C13H25F3N2/c1-10-9-18(3)11(2)8-12(10)17-7-5-4-6-13(14,15)16/h10-12,17H,4-9H2,1-3H3. The van der Waals surface area contributed by atoms with Crippen LogP contribution in [0.4, 0.5) is 13.2 Å². The minimum atomic E-state index is -4.00. The van der Waals surface area contributed by atoms with E-state index in [1.54, 1.807) is 0 Å². The van der Waals surface area contributed by atoms with Crippen LogP contribution in [0.15, 0.2) is 0 Å². The fourth-order valence-electron chi connectivity index (χ4n) is 2.56. The number of unbranched alkanes of at least 4 members (excludes halogenated alkanes) is 1. The van der Waals surface area contributed by atoms with Gasteiger partial charge in [-0.05, 0) is 45.7 Å². The van der Waals surface area contributed by atoms with E-state index in [9.17, 15) is 13.2 Å². The van der Waals surface area contributed by atoms with Crippen molar-refractivity contribution in [3.63, 3.8) is 0 Å². The number of hydrogen-bond donors (Lipinski definition) is 1. The summed E-state index contributed by atoms with van der Waals surface area (Å²) in [4.78, 5) is 2.34. The maximum atomic E-state index is 12.0. The SMILES string of the molecule is CC1CN(C)C(C)CC1NCCCCC(F)(F)F. The van der Waals surface area contributed by atoms with Gasteiger partial charge in [-0.2, -0.15) is 13.2 Å². The molecule has 18 heavy (non-hydrogen) atoms. The molecule has 2 nitrogen and oxygen atoms in total. The molecule has 1 rings (SSSR count). The van der Waals surface area contributed by atoms with Crippen LogP contribution in [0.5, 0.6) is 0 Å². The van der Waals surface area contributed by atoms with E-state index in [-0.39, 0.29) is 6.42 Å². The Morgan fingerprint density at radius 3 is 2.50 bits per heavy atom. The van der Waals surface area contributed by atoms with Gasteiger partial charge in [0.05, 0.1) is 0 Å². The zero-order valence-electron chi connectivity index (χ0n) is 11.6. The third kappa shape index (κ3) is 5.57. The highest BCUT2D eigenvalue weighted by Gasteiger charge is 2.28. The van der Waals surface area contributed by atoms with E-state index >= 15 is 0 Å². The number of hydrogen-bond acceptors (Lipinski definition) is 2. The summed E-state index contributed by atoms with van der Waals surface area (Å²) < 4.78 is 35.9. The van der Waals surface area contributed by atoms with Crippen molar-refractivity contribution in [3.05, 3.63) is 0 Å². The van der Waals surface area contributed by atoms with Crippen LogP contribution in [0, 0.1) is 5.92 Å². The highest BCUT2D eigenvalue weighted by atomic mass is 19.4. The fraction of sp³-hybridized carbons (Fsp3) is 1.00. The molecule has 0 aromatic heterocycles. The summed E-state index contributed by atoms with van der Waals surface area (Å²) in [5.74, 6) is 0.564. The number of alkyl halides is 3. The topological polar surface area (TPSA) is 15.3 Å². The second-order valence-corrected chi connectivity index (χ2v) is 5.63. The lowest BCUT2D eigenvalue weighted by Gasteiger charge is -2.40. The van der Waals surface area contributed by atoms with E-state index in [4.69, 9.17) is 0 Å². The second kappa shape index (κ2) is 6.75. The average molecular weight is 266 g/mol. The average Bonchev–Trinajstić information content (AvgIpc) is 2.23. The molecule has 1 saturated heterocycles. The van der Waals surface area contributed by atoms with Gasteiger partial charge in [-0.1, -0.05) is 6.92 Å². The first-order chi connectivity index (χ1) is 8.29. The van der Waals surface area contributed by atoms with Crippen LogP contribution < -0.4 is 5.32 Å². The van der Waals surface area contributed by atoms with Gasteiger partial charge in [-0.25, -0.2) is 0 Å². The first-order valence-electron chi connectivity index (χ1n) is 6.80. The molecule has 1 aliphatic heterocycles. The minimum Gasteiger partial charge on any atom is -0.314 e. The molecule has 1 fully saturated rings. The van der Waals surface area contributed by atoms with E-state index in [1.165, 1.54) is 0 Å². The van der Waals surface area contributed by atoms with E-state index in [1.807, 2.05) is 0 Å². The molecular formula is C13H25F3N2. The Morgan fingerprint density at radius 2 is 1.89 bits per heavy atom. The van der Waals surface area contributed by atoms with Gasteiger partial charge in [0.1, 0.15) is 0 Å². The summed E-state index contributed by atoms with van der Waals surface area (Å²) in [6, 6.07) is 0.996. The second-order valence-electron chi connectivity index (χ2n) is 5.63. The molecule has 5 heteroatoms. The molecule has 0 spiro atoms. The Balaban J connectivity index is 2.15. The van der Waals surface area contributed by atoms with Crippen LogP contribution in [-0.2, 0) is 0 Å². The van der Waals surface area contributed by atoms with Gasteiger partial charge in [0, 0.05) is 25.0 Å². The van der Waals surface area contributed by atoms with Crippen LogP contribution in [0.25, 0.3) is 0 Å². The smallest absolute Gasteiger partial charge is 0.314 e. The zero-order valence-corrected chi connectivity index (χ0v) is 11.6. The summed E-state index contributed by atoms with van der Waals surface area (Å²) in [6.45, 7) is 6.16. The molecule has 1 N–H and O–H groups in total. The largest absolute Gasteiger partial charge is 0.389 e. The molecule has 0 saturated carbocycles. The highest BCUT2D eigenvalue weighted by Crippen LogP contribution is 2.23. The van der Waals surface area contributed by atoms with Gasteiger partial charge in [-0.15, -0.1) is 0 Å². The van der Waals surface area contributed by atoms with E-state index in [2.05, 4.69) is 31.1 Å². The first-order valence-corrected chi connectivity index (χ1v) is 6.80. The molecule has 108 valence electrons. The van der Waals surface area contributed by atoms with Crippen molar-refractivity contribution >= 4 is 0 Å². The Labute approximate surface area is 108 Å². The van der Waals surface area contributed by atoms with Crippen molar-refractivity contribution in [1.82, 2.24) is 10.2 Å². The van der Waals surface area contributed by atoms with Gasteiger partial charge in [-0.3, -0.25) is 0 Å². The van der Waals surface area contributed by atoms with Gasteiger partial charge in [0.2, 0.25) is 0 Å². The van der Waals surface area contributed by atoms with Crippen LogP contribution >= 0.6 is 0 Å². The molecule has 3 atom stereocenters. The number of halogens is 3. The number of piperidine rings is 1.